The zero-order valence-corrected chi connectivity index (χ0v) is 14.0. The number of aryl methyl sites for hydroxylation is 1. The summed E-state index contributed by atoms with van der Waals surface area (Å²) >= 11 is 0. The Bertz CT molecular complexity index is 476. The fourth-order valence-electron chi connectivity index (χ4n) is 3.49. The number of likely N-dealkylation sites (N-methyl/N-ethyl adjacent to an activating group) is 1. The van der Waals surface area contributed by atoms with Gasteiger partial charge in [0.2, 0.25) is 5.95 Å². The fraction of sp³-hybridized carbons (Fsp3) is 0.765. The molecule has 1 aliphatic heterocycles. The summed E-state index contributed by atoms with van der Waals surface area (Å²) < 4.78 is 0. The quantitative estimate of drug-likeness (QED) is 0.926. The lowest BCUT2D eigenvalue weighted by molar-refractivity contribution is 0.270. The summed E-state index contributed by atoms with van der Waals surface area (Å²) in [7, 11) is 0. The second kappa shape index (κ2) is 7.27. The number of anilines is 2. The van der Waals surface area contributed by atoms with Gasteiger partial charge >= 0.3 is 0 Å². The van der Waals surface area contributed by atoms with Crippen molar-refractivity contribution in [1.29, 1.82) is 0 Å². The van der Waals surface area contributed by atoms with E-state index in [0.717, 1.165) is 50.2 Å². The molecule has 0 amide bonds. The van der Waals surface area contributed by atoms with Crippen LogP contribution in [0.3, 0.4) is 0 Å². The minimum absolute atomic E-state index is 0.591. The first-order valence-corrected chi connectivity index (χ1v) is 8.84. The van der Waals surface area contributed by atoms with E-state index in [-0.39, 0.29) is 0 Å². The molecule has 1 aromatic heterocycles. The van der Waals surface area contributed by atoms with Crippen LogP contribution in [0.5, 0.6) is 0 Å². The highest BCUT2D eigenvalue weighted by Crippen LogP contribution is 2.22. The molecule has 1 aliphatic carbocycles. The number of aromatic nitrogens is 2. The van der Waals surface area contributed by atoms with E-state index >= 15 is 0 Å². The minimum Gasteiger partial charge on any atom is -0.367 e. The average molecular weight is 303 g/mol. The van der Waals surface area contributed by atoms with Gasteiger partial charge in [-0.25, -0.2) is 4.98 Å². The summed E-state index contributed by atoms with van der Waals surface area (Å²) in [5.74, 6) is 1.90. The van der Waals surface area contributed by atoms with Crippen molar-refractivity contribution in [3.05, 3.63) is 11.8 Å². The maximum Gasteiger partial charge on any atom is 0.227 e. The van der Waals surface area contributed by atoms with Crippen LogP contribution in [0.1, 0.15) is 44.7 Å². The summed E-state index contributed by atoms with van der Waals surface area (Å²) in [5.41, 5.74) is 1.06. The smallest absolute Gasteiger partial charge is 0.227 e. The molecule has 0 unspecified atom stereocenters. The number of hydrogen-bond donors (Lipinski definition) is 1. The molecule has 1 N–H and O–H groups in total. The molecule has 0 bridgehead atoms. The molecule has 0 atom stereocenters. The Balaban J connectivity index is 1.67. The van der Waals surface area contributed by atoms with Gasteiger partial charge < -0.3 is 15.1 Å². The Morgan fingerprint density at radius 2 is 1.82 bits per heavy atom. The standard InChI is InChI=1S/C17H29N5/c1-3-21-9-11-22(12-10-21)17-18-14(2)13-16(20-17)19-15-7-5-4-6-8-15/h13,15H,3-12H2,1-2H3,(H,18,19,20). The van der Waals surface area contributed by atoms with Gasteiger partial charge in [-0.3, -0.25) is 0 Å². The summed E-state index contributed by atoms with van der Waals surface area (Å²) in [6.45, 7) is 9.71. The maximum absolute atomic E-state index is 4.79. The van der Waals surface area contributed by atoms with E-state index in [1.54, 1.807) is 0 Å². The number of piperazine rings is 1. The normalized spacial score (nSPS) is 21.1. The van der Waals surface area contributed by atoms with Crippen LogP contribution in [0.2, 0.25) is 0 Å². The molecule has 0 radical (unpaired) electrons. The Kier molecular flexibility index (Phi) is 5.13. The molecular formula is C17H29N5. The predicted octanol–water partition coefficient (Wildman–Crippen LogP) is 2.67. The van der Waals surface area contributed by atoms with E-state index in [9.17, 15) is 0 Å². The summed E-state index contributed by atoms with van der Waals surface area (Å²) in [5, 5.41) is 3.63. The lowest BCUT2D eigenvalue weighted by Gasteiger charge is -2.34. The molecule has 2 fully saturated rings. The van der Waals surface area contributed by atoms with E-state index in [4.69, 9.17) is 4.98 Å². The van der Waals surface area contributed by atoms with Gasteiger partial charge in [-0.15, -0.1) is 0 Å². The van der Waals surface area contributed by atoms with Crippen molar-refractivity contribution >= 4 is 11.8 Å². The topological polar surface area (TPSA) is 44.3 Å². The molecule has 0 aromatic carbocycles. The van der Waals surface area contributed by atoms with Crippen LogP contribution >= 0.6 is 0 Å². The molecule has 1 aromatic rings. The summed E-state index contributed by atoms with van der Waals surface area (Å²) in [4.78, 5) is 14.2. The first-order chi connectivity index (χ1) is 10.7. The number of nitrogens with zero attached hydrogens (tertiary/aromatic N) is 4. The molecular weight excluding hydrogens is 274 g/mol. The molecule has 122 valence electrons. The lowest BCUT2D eigenvalue weighted by atomic mass is 9.95. The fourth-order valence-corrected chi connectivity index (χ4v) is 3.49. The SMILES string of the molecule is CCN1CCN(c2nc(C)cc(NC3CCCCC3)n2)CC1. The second-order valence-electron chi connectivity index (χ2n) is 6.60. The second-order valence-corrected chi connectivity index (χ2v) is 6.60. The number of hydrogen-bond acceptors (Lipinski definition) is 5. The van der Waals surface area contributed by atoms with Gasteiger partial charge in [0.05, 0.1) is 0 Å². The molecule has 0 spiro atoms. The highest BCUT2D eigenvalue weighted by molar-refractivity contribution is 5.44. The molecule has 2 heterocycles. The van der Waals surface area contributed by atoms with Crippen LogP contribution in [0.25, 0.3) is 0 Å². The molecule has 3 rings (SSSR count). The third kappa shape index (κ3) is 3.88. The van der Waals surface area contributed by atoms with Gasteiger partial charge in [-0.2, -0.15) is 4.98 Å². The summed E-state index contributed by atoms with van der Waals surface area (Å²) in [6, 6.07) is 2.67. The van der Waals surface area contributed by atoms with Crippen LogP contribution in [-0.2, 0) is 0 Å². The Morgan fingerprint density at radius 3 is 2.50 bits per heavy atom. The first kappa shape index (κ1) is 15.5. The number of rotatable bonds is 4. The van der Waals surface area contributed by atoms with Gasteiger partial charge in [0, 0.05) is 44.0 Å². The van der Waals surface area contributed by atoms with Gasteiger partial charge in [-0.05, 0) is 26.3 Å². The molecule has 5 heteroatoms. The molecule has 1 saturated heterocycles. The van der Waals surface area contributed by atoms with Crippen LogP contribution < -0.4 is 10.2 Å². The minimum atomic E-state index is 0.591. The van der Waals surface area contributed by atoms with Gasteiger partial charge in [0.25, 0.3) is 0 Å². The van der Waals surface area contributed by atoms with Crippen molar-refractivity contribution in [2.45, 2.75) is 52.0 Å². The van der Waals surface area contributed by atoms with Gasteiger partial charge in [0.15, 0.2) is 0 Å². The van der Waals surface area contributed by atoms with Crippen molar-refractivity contribution in [3.63, 3.8) is 0 Å². The van der Waals surface area contributed by atoms with Crippen LogP contribution in [0.15, 0.2) is 6.07 Å². The molecule has 1 saturated carbocycles. The van der Waals surface area contributed by atoms with Gasteiger partial charge in [-0.1, -0.05) is 26.2 Å². The molecule has 5 nitrogen and oxygen atoms in total. The molecule has 2 aliphatic rings. The lowest BCUT2D eigenvalue weighted by Crippen LogP contribution is -2.46. The van der Waals surface area contributed by atoms with Crippen molar-refractivity contribution in [1.82, 2.24) is 14.9 Å². The van der Waals surface area contributed by atoms with Crippen LogP contribution in [0, 0.1) is 6.92 Å². The van der Waals surface area contributed by atoms with E-state index in [1.807, 2.05) is 0 Å². The van der Waals surface area contributed by atoms with Crippen LogP contribution in [-0.4, -0.2) is 53.6 Å². The highest BCUT2D eigenvalue weighted by atomic mass is 15.3. The van der Waals surface area contributed by atoms with Crippen LogP contribution in [0.4, 0.5) is 11.8 Å². The van der Waals surface area contributed by atoms with E-state index < -0.39 is 0 Å². The molecule has 22 heavy (non-hydrogen) atoms. The first-order valence-electron chi connectivity index (χ1n) is 8.84. The van der Waals surface area contributed by atoms with Crippen molar-refractivity contribution < 1.29 is 0 Å². The Hall–Kier alpha value is -1.36. The average Bonchev–Trinajstić information content (AvgIpc) is 2.55. The third-order valence-electron chi connectivity index (χ3n) is 4.90. The van der Waals surface area contributed by atoms with Gasteiger partial charge in [0.1, 0.15) is 5.82 Å². The number of nitrogens with one attached hydrogen (secondary N) is 1. The third-order valence-corrected chi connectivity index (χ3v) is 4.90. The largest absolute Gasteiger partial charge is 0.367 e. The summed E-state index contributed by atoms with van der Waals surface area (Å²) in [6.07, 6.45) is 6.61. The Morgan fingerprint density at radius 1 is 1.09 bits per heavy atom. The van der Waals surface area contributed by atoms with E-state index in [2.05, 4.69) is 40.0 Å². The monoisotopic (exact) mass is 303 g/mol. The van der Waals surface area contributed by atoms with Crippen molar-refractivity contribution in [2.24, 2.45) is 0 Å². The highest BCUT2D eigenvalue weighted by Gasteiger charge is 2.19. The van der Waals surface area contributed by atoms with E-state index in [1.165, 1.54) is 32.1 Å². The Labute approximate surface area is 134 Å². The maximum atomic E-state index is 4.79. The zero-order valence-electron chi connectivity index (χ0n) is 14.0. The predicted molar refractivity (Wildman–Crippen MR) is 91.6 cm³/mol. The zero-order chi connectivity index (χ0) is 15.4. The van der Waals surface area contributed by atoms with Crippen molar-refractivity contribution in [2.75, 3.05) is 42.9 Å². The van der Waals surface area contributed by atoms with Crippen molar-refractivity contribution in [3.8, 4) is 0 Å². The van der Waals surface area contributed by atoms with E-state index in [0.29, 0.717) is 6.04 Å².